The van der Waals surface area contributed by atoms with Crippen LogP contribution in [0.25, 0.3) is 0 Å². The first-order chi connectivity index (χ1) is 8.78. The van der Waals surface area contributed by atoms with E-state index in [1.807, 2.05) is 0 Å². The van der Waals surface area contributed by atoms with Gasteiger partial charge >= 0.3 is 12.1 Å². The number of hydrogen-bond acceptors (Lipinski definition) is 5. The van der Waals surface area contributed by atoms with Crippen molar-refractivity contribution in [1.29, 1.82) is 0 Å². The first kappa shape index (κ1) is 15.2. The van der Waals surface area contributed by atoms with Gasteiger partial charge in [-0.2, -0.15) is 13.2 Å². The summed E-state index contributed by atoms with van der Waals surface area (Å²) in [7, 11) is 0. The maximum Gasteiger partial charge on any atom is 0.411 e. The summed E-state index contributed by atoms with van der Waals surface area (Å²) in [5, 5.41) is 11.4. The van der Waals surface area contributed by atoms with Crippen molar-refractivity contribution < 1.29 is 27.8 Å². The number of carboxylic acid groups (broad SMARTS) is 1. The second-order valence-electron chi connectivity index (χ2n) is 3.62. The standard InChI is InChI=1S/C10H12F3N3O3/c1-6-4-7(8(17)18)16-9(15-6)14-2-3-19-5-10(11,12)13/h4H,2-3,5H2,1H3,(H,17,18)(H,14,15,16). The minimum absolute atomic E-state index is 0.0352. The second kappa shape index (κ2) is 6.32. The molecule has 0 spiro atoms. The number of halogens is 3. The van der Waals surface area contributed by atoms with E-state index in [4.69, 9.17) is 5.11 Å². The average molecular weight is 279 g/mol. The molecule has 0 bridgehead atoms. The zero-order valence-corrected chi connectivity index (χ0v) is 9.99. The number of rotatable bonds is 6. The topological polar surface area (TPSA) is 84.3 Å². The van der Waals surface area contributed by atoms with Crippen molar-refractivity contribution in [2.45, 2.75) is 13.1 Å². The maximum absolute atomic E-state index is 11.8. The Kier molecular flexibility index (Phi) is 5.04. The van der Waals surface area contributed by atoms with E-state index in [-0.39, 0.29) is 24.8 Å². The predicted octanol–water partition coefficient (Wildman–Crippen LogP) is 1.47. The molecular formula is C10H12F3N3O3. The molecule has 1 aromatic heterocycles. The van der Waals surface area contributed by atoms with Crippen molar-refractivity contribution in [1.82, 2.24) is 9.97 Å². The second-order valence-corrected chi connectivity index (χ2v) is 3.62. The SMILES string of the molecule is Cc1cc(C(=O)O)nc(NCCOCC(F)(F)F)n1. The number of aryl methyl sites for hydroxylation is 1. The smallest absolute Gasteiger partial charge is 0.411 e. The van der Waals surface area contributed by atoms with Crippen LogP contribution in [0, 0.1) is 6.92 Å². The summed E-state index contributed by atoms with van der Waals surface area (Å²) < 4.78 is 39.7. The number of aromatic nitrogens is 2. The number of aromatic carboxylic acids is 1. The molecular weight excluding hydrogens is 267 g/mol. The highest BCUT2D eigenvalue weighted by Gasteiger charge is 2.27. The van der Waals surface area contributed by atoms with Crippen LogP contribution in [0.5, 0.6) is 0 Å². The summed E-state index contributed by atoms with van der Waals surface area (Å²) in [6.07, 6.45) is -4.36. The van der Waals surface area contributed by atoms with Crippen molar-refractivity contribution in [3.05, 3.63) is 17.5 Å². The Hall–Kier alpha value is -1.90. The van der Waals surface area contributed by atoms with Crippen molar-refractivity contribution in [3.63, 3.8) is 0 Å². The first-order valence-corrected chi connectivity index (χ1v) is 5.25. The number of nitrogens with one attached hydrogen (secondary N) is 1. The summed E-state index contributed by atoms with van der Waals surface area (Å²) in [4.78, 5) is 18.3. The molecule has 1 aromatic rings. The van der Waals surface area contributed by atoms with Gasteiger partial charge in [0.15, 0.2) is 5.69 Å². The normalized spacial score (nSPS) is 11.4. The monoisotopic (exact) mass is 279 g/mol. The average Bonchev–Trinajstić information content (AvgIpc) is 2.26. The van der Waals surface area contributed by atoms with E-state index < -0.39 is 18.8 Å². The molecule has 1 heterocycles. The molecule has 9 heteroatoms. The summed E-state index contributed by atoms with van der Waals surface area (Å²) in [5.74, 6) is -1.17. The van der Waals surface area contributed by atoms with E-state index in [1.165, 1.54) is 6.07 Å². The molecule has 0 aromatic carbocycles. The van der Waals surface area contributed by atoms with Crippen molar-refractivity contribution in [3.8, 4) is 0 Å². The van der Waals surface area contributed by atoms with Gasteiger partial charge in [0, 0.05) is 12.2 Å². The van der Waals surface area contributed by atoms with Gasteiger partial charge in [-0.25, -0.2) is 14.8 Å². The molecule has 106 valence electrons. The Labute approximate surface area is 106 Å². The van der Waals surface area contributed by atoms with Gasteiger partial charge in [-0.05, 0) is 13.0 Å². The number of ether oxygens (including phenoxy) is 1. The zero-order valence-electron chi connectivity index (χ0n) is 9.99. The van der Waals surface area contributed by atoms with E-state index in [9.17, 15) is 18.0 Å². The van der Waals surface area contributed by atoms with Crippen LogP contribution in [0.4, 0.5) is 19.1 Å². The summed E-state index contributed by atoms with van der Waals surface area (Å²) in [6.45, 7) is 0.0982. The van der Waals surface area contributed by atoms with E-state index in [0.717, 1.165) is 0 Å². The molecule has 0 atom stereocenters. The number of carboxylic acids is 1. The minimum Gasteiger partial charge on any atom is -0.477 e. The van der Waals surface area contributed by atoms with E-state index in [2.05, 4.69) is 20.0 Å². The molecule has 0 saturated carbocycles. The molecule has 1 rings (SSSR count). The van der Waals surface area contributed by atoms with Crippen LogP contribution in [0.15, 0.2) is 6.07 Å². The van der Waals surface area contributed by atoms with Crippen molar-refractivity contribution >= 4 is 11.9 Å². The third kappa shape index (κ3) is 6.00. The van der Waals surface area contributed by atoms with Gasteiger partial charge in [0.1, 0.15) is 6.61 Å². The lowest BCUT2D eigenvalue weighted by Gasteiger charge is -2.09. The van der Waals surface area contributed by atoms with Crippen LogP contribution in [0.1, 0.15) is 16.2 Å². The lowest BCUT2D eigenvalue weighted by Crippen LogP contribution is -2.20. The molecule has 0 amide bonds. The van der Waals surface area contributed by atoms with Crippen LogP contribution in [-0.4, -0.2) is 47.0 Å². The highest BCUT2D eigenvalue weighted by Crippen LogP contribution is 2.14. The fraction of sp³-hybridized carbons (Fsp3) is 0.500. The molecule has 2 N–H and O–H groups in total. The van der Waals surface area contributed by atoms with Gasteiger partial charge in [-0.3, -0.25) is 0 Å². The molecule has 0 aliphatic rings. The third-order valence-electron chi connectivity index (χ3n) is 1.87. The summed E-state index contributed by atoms with van der Waals surface area (Å²) >= 11 is 0. The maximum atomic E-state index is 11.8. The zero-order chi connectivity index (χ0) is 14.5. The Balaban J connectivity index is 2.43. The summed E-state index contributed by atoms with van der Waals surface area (Å²) in [5.41, 5.74) is 0.248. The molecule has 0 aliphatic heterocycles. The molecule has 0 fully saturated rings. The Morgan fingerprint density at radius 3 is 2.74 bits per heavy atom. The Morgan fingerprint density at radius 1 is 1.47 bits per heavy atom. The number of carbonyl (C=O) groups is 1. The van der Waals surface area contributed by atoms with Gasteiger partial charge < -0.3 is 15.2 Å². The van der Waals surface area contributed by atoms with Gasteiger partial charge in [0.25, 0.3) is 0 Å². The highest BCUT2D eigenvalue weighted by molar-refractivity contribution is 5.85. The van der Waals surface area contributed by atoms with Crippen LogP contribution in [-0.2, 0) is 4.74 Å². The predicted molar refractivity (Wildman–Crippen MR) is 59.1 cm³/mol. The molecule has 0 radical (unpaired) electrons. The van der Waals surface area contributed by atoms with Crippen LogP contribution in [0.3, 0.4) is 0 Å². The fourth-order valence-corrected chi connectivity index (χ4v) is 1.18. The van der Waals surface area contributed by atoms with E-state index in [0.29, 0.717) is 5.69 Å². The summed E-state index contributed by atoms with van der Waals surface area (Å²) in [6, 6.07) is 1.29. The highest BCUT2D eigenvalue weighted by atomic mass is 19.4. The molecule has 0 saturated heterocycles. The van der Waals surface area contributed by atoms with Gasteiger partial charge in [-0.15, -0.1) is 0 Å². The quantitative estimate of drug-likeness (QED) is 0.767. The first-order valence-electron chi connectivity index (χ1n) is 5.25. The van der Waals surface area contributed by atoms with Gasteiger partial charge in [-0.1, -0.05) is 0 Å². The molecule has 6 nitrogen and oxygen atoms in total. The van der Waals surface area contributed by atoms with Gasteiger partial charge in [0.2, 0.25) is 5.95 Å². The molecule has 0 unspecified atom stereocenters. The Morgan fingerprint density at radius 2 is 2.16 bits per heavy atom. The Bertz CT molecular complexity index is 451. The number of alkyl halides is 3. The van der Waals surface area contributed by atoms with Crippen molar-refractivity contribution in [2.24, 2.45) is 0 Å². The van der Waals surface area contributed by atoms with Gasteiger partial charge in [0.05, 0.1) is 6.61 Å². The number of nitrogens with zero attached hydrogens (tertiary/aromatic N) is 2. The van der Waals surface area contributed by atoms with Crippen LogP contribution < -0.4 is 5.32 Å². The molecule has 19 heavy (non-hydrogen) atoms. The number of hydrogen-bond donors (Lipinski definition) is 2. The lowest BCUT2D eigenvalue weighted by atomic mass is 10.3. The minimum atomic E-state index is -4.36. The largest absolute Gasteiger partial charge is 0.477 e. The molecule has 0 aliphatic carbocycles. The van der Waals surface area contributed by atoms with Crippen LogP contribution >= 0.6 is 0 Å². The van der Waals surface area contributed by atoms with Crippen LogP contribution in [0.2, 0.25) is 0 Å². The third-order valence-corrected chi connectivity index (χ3v) is 1.87. The fourth-order valence-electron chi connectivity index (χ4n) is 1.18. The number of anilines is 1. The van der Waals surface area contributed by atoms with E-state index >= 15 is 0 Å². The van der Waals surface area contributed by atoms with Crippen molar-refractivity contribution in [2.75, 3.05) is 25.1 Å². The lowest BCUT2D eigenvalue weighted by molar-refractivity contribution is -0.172. The van der Waals surface area contributed by atoms with E-state index in [1.54, 1.807) is 6.92 Å².